The summed E-state index contributed by atoms with van der Waals surface area (Å²) in [4.78, 5) is 24.7. The summed E-state index contributed by atoms with van der Waals surface area (Å²) in [5.74, 6) is 0.267. The van der Waals surface area contributed by atoms with Crippen molar-refractivity contribution >= 4 is 11.9 Å². The predicted molar refractivity (Wildman–Crippen MR) is 79.0 cm³/mol. The Kier molecular flexibility index (Phi) is 6.42. The summed E-state index contributed by atoms with van der Waals surface area (Å²) in [6, 6.07) is -0.801. The lowest BCUT2D eigenvalue weighted by atomic mass is 9.75. The van der Waals surface area contributed by atoms with Gasteiger partial charge in [0.1, 0.15) is 0 Å². The Balaban J connectivity index is 2.80. The van der Waals surface area contributed by atoms with Gasteiger partial charge in [0.15, 0.2) is 0 Å². The number of hydrogen-bond donors (Lipinski definition) is 3. The molecule has 116 valence electrons. The van der Waals surface area contributed by atoms with E-state index in [1.54, 1.807) is 0 Å². The van der Waals surface area contributed by atoms with Crippen molar-refractivity contribution in [3.63, 3.8) is 0 Å². The van der Waals surface area contributed by atoms with Gasteiger partial charge in [-0.15, -0.1) is 0 Å². The van der Waals surface area contributed by atoms with Gasteiger partial charge < -0.3 is 11.5 Å². The Bertz CT molecular complexity index is 348. The molecule has 1 aliphatic carbocycles. The molecule has 0 spiro atoms. The number of urea groups is 1. The van der Waals surface area contributed by atoms with Crippen molar-refractivity contribution in [1.29, 1.82) is 0 Å². The topological polar surface area (TPSA) is 101 Å². The van der Waals surface area contributed by atoms with Gasteiger partial charge in [0.05, 0.1) is 6.54 Å². The third-order valence-corrected chi connectivity index (χ3v) is 4.21. The summed E-state index contributed by atoms with van der Waals surface area (Å²) >= 11 is 0. The number of nitrogens with zero attached hydrogens (tertiary/aromatic N) is 1. The van der Waals surface area contributed by atoms with Crippen LogP contribution in [0.4, 0.5) is 4.79 Å². The van der Waals surface area contributed by atoms with Crippen LogP contribution in [0.15, 0.2) is 0 Å². The van der Waals surface area contributed by atoms with Gasteiger partial charge >= 0.3 is 6.03 Å². The summed E-state index contributed by atoms with van der Waals surface area (Å²) < 4.78 is 0. The second-order valence-corrected chi connectivity index (χ2v) is 5.96. The molecule has 1 aliphatic rings. The third kappa shape index (κ3) is 4.45. The maximum absolute atomic E-state index is 11.8. The van der Waals surface area contributed by atoms with Gasteiger partial charge in [-0.3, -0.25) is 15.0 Å². The van der Waals surface area contributed by atoms with Crippen LogP contribution < -0.4 is 16.8 Å². The van der Waals surface area contributed by atoms with Crippen molar-refractivity contribution < 1.29 is 9.59 Å². The van der Waals surface area contributed by atoms with Crippen LogP contribution in [0.3, 0.4) is 0 Å². The van der Waals surface area contributed by atoms with Crippen LogP contribution in [-0.2, 0) is 4.79 Å². The van der Waals surface area contributed by atoms with Gasteiger partial charge in [-0.05, 0) is 31.7 Å². The molecule has 2 atom stereocenters. The summed E-state index contributed by atoms with van der Waals surface area (Å²) in [5, 5.41) is 2.14. The van der Waals surface area contributed by atoms with Crippen molar-refractivity contribution in [2.75, 3.05) is 19.6 Å². The fraction of sp³-hybridized carbons (Fsp3) is 0.857. The van der Waals surface area contributed by atoms with Crippen LogP contribution in [-0.4, -0.2) is 42.0 Å². The summed E-state index contributed by atoms with van der Waals surface area (Å²) in [6.07, 6.45) is 5.32. The largest absolute Gasteiger partial charge is 0.351 e. The molecule has 6 heteroatoms. The maximum Gasteiger partial charge on any atom is 0.318 e. The van der Waals surface area contributed by atoms with E-state index < -0.39 is 6.03 Å². The number of carbonyl (C=O) groups excluding carboxylic acids is 2. The van der Waals surface area contributed by atoms with Gasteiger partial charge in [-0.2, -0.15) is 0 Å². The minimum atomic E-state index is -0.801. The molecule has 0 aromatic heterocycles. The van der Waals surface area contributed by atoms with E-state index in [1.165, 1.54) is 6.42 Å². The zero-order valence-electron chi connectivity index (χ0n) is 12.7. The molecule has 2 unspecified atom stereocenters. The van der Waals surface area contributed by atoms with E-state index in [-0.39, 0.29) is 18.0 Å². The molecule has 0 bridgehead atoms. The van der Waals surface area contributed by atoms with Crippen molar-refractivity contribution in [1.82, 2.24) is 10.2 Å². The molecule has 20 heavy (non-hydrogen) atoms. The molecule has 5 N–H and O–H groups in total. The van der Waals surface area contributed by atoms with Crippen molar-refractivity contribution in [3.05, 3.63) is 0 Å². The molecule has 0 aliphatic heterocycles. The number of primary amides is 1. The summed E-state index contributed by atoms with van der Waals surface area (Å²) in [5.41, 5.74) is 10.9. The number of rotatable bonds is 6. The molecule has 0 heterocycles. The van der Waals surface area contributed by atoms with E-state index in [0.29, 0.717) is 12.5 Å². The van der Waals surface area contributed by atoms with E-state index in [1.807, 2.05) is 0 Å². The molecule has 1 rings (SSSR count). The van der Waals surface area contributed by atoms with Crippen LogP contribution >= 0.6 is 0 Å². The van der Waals surface area contributed by atoms with Crippen LogP contribution in [0, 0.1) is 5.92 Å². The summed E-state index contributed by atoms with van der Waals surface area (Å²) in [7, 11) is 0. The second-order valence-electron chi connectivity index (χ2n) is 5.96. The Labute approximate surface area is 121 Å². The first kappa shape index (κ1) is 16.9. The third-order valence-electron chi connectivity index (χ3n) is 4.21. The van der Waals surface area contributed by atoms with E-state index in [0.717, 1.165) is 32.2 Å². The molecule has 0 saturated heterocycles. The number of amides is 3. The number of hydrogen-bond acceptors (Lipinski definition) is 4. The fourth-order valence-corrected chi connectivity index (χ4v) is 3.34. The van der Waals surface area contributed by atoms with Crippen molar-refractivity contribution in [3.8, 4) is 0 Å². The Hall–Kier alpha value is -1.14. The standard InChI is InChI=1S/C14H28N4O2/c1-3-7-18(9-12(19)17-13(16)20)14(10-15)6-4-5-11(2)8-14/h11H,3-10,15H2,1-2H3,(H3,16,17,19,20). The monoisotopic (exact) mass is 284 g/mol. The second kappa shape index (κ2) is 7.59. The quantitative estimate of drug-likeness (QED) is 0.671. The molecule has 6 nitrogen and oxygen atoms in total. The van der Waals surface area contributed by atoms with Gasteiger partial charge in [-0.1, -0.05) is 26.7 Å². The average Bonchev–Trinajstić information content (AvgIpc) is 2.37. The zero-order chi connectivity index (χ0) is 15.2. The minimum absolute atomic E-state index is 0.122. The van der Waals surface area contributed by atoms with E-state index in [4.69, 9.17) is 11.5 Å². The molecular formula is C14H28N4O2. The highest BCUT2D eigenvalue weighted by Crippen LogP contribution is 2.36. The molecule has 0 aromatic carbocycles. The molecular weight excluding hydrogens is 256 g/mol. The van der Waals surface area contributed by atoms with Crippen LogP contribution in [0.1, 0.15) is 46.0 Å². The van der Waals surface area contributed by atoms with E-state index in [2.05, 4.69) is 24.1 Å². The number of nitrogens with one attached hydrogen (secondary N) is 1. The van der Waals surface area contributed by atoms with Gasteiger partial charge in [0, 0.05) is 12.1 Å². The maximum atomic E-state index is 11.8. The zero-order valence-corrected chi connectivity index (χ0v) is 12.7. The first-order chi connectivity index (χ1) is 9.43. The summed E-state index contributed by atoms with van der Waals surface area (Å²) in [6.45, 7) is 5.84. The SMILES string of the molecule is CCCN(CC(=O)NC(N)=O)C1(CN)CCCC(C)C1. The Morgan fingerprint density at radius 2 is 2.15 bits per heavy atom. The highest BCUT2D eigenvalue weighted by Gasteiger charge is 2.39. The normalized spacial score (nSPS) is 26.5. The minimum Gasteiger partial charge on any atom is -0.351 e. The van der Waals surface area contributed by atoms with Crippen LogP contribution in [0.25, 0.3) is 0 Å². The van der Waals surface area contributed by atoms with Crippen molar-refractivity contribution in [2.45, 2.75) is 51.5 Å². The first-order valence-electron chi connectivity index (χ1n) is 7.48. The highest BCUT2D eigenvalue weighted by molar-refractivity contribution is 5.94. The van der Waals surface area contributed by atoms with E-state index >= 15 is 0 Å². The lowest BCUT2D eigenvalue weighted by molar-refractivity contribution is -0.123. The number of carbonyl (C=O) groups is 2. The molecule has 3 amide bonds. The fourth-order valence-electron chi connectivity index (χ4n) is 3.34. The van der Waals surface area contributed by atoms with Gasteiger partial charge in [0.2, 0.25) is 5.91 Å². The first-order valence-corrected chi connectivity index (χ1v) is 7.48. The van der Waals surface area contributed by atoms with E-state index in [9.17, 15) is 9.59 Å². The molecule has 0 aromatic rings. The van der Waals surface area contributed by atoms with Crippen LogP contribution in [0.5, 0.6) is 0 Å². The highest BCUT2D eigenvalue weighted by atomic mass is 16.2. The van der Waals surface area contributed by atoms with Gasteiger partial charge in [0.25, 0.3) is 0 Å². The Morgan fingerprint density at radius 1 is 1.45 bits per heavy atom. The van der Waals surface area contributed by atoms with Gasteiger partial charge in [-0.25, -0.2) is 4.79 Å². The lowest BCUT2D eigenvalue weighted by Gasteiger charge is -2.47. The molecule has 0 radical (unpaired) electrons. The Morgan fingerprint density at radius 3 is 2.65 bits per heavy atom. The number of nitrogens with two attached hydrogens (primary N) is 2. The molecule has 1 saturated carbocycles. The lowest BCUT2D eigenvalue weighted by Crippen LogP contribution is -2.59. The smallest absolute Gasteiger partial charge is 0.318 e. The number of imide groups is 1. The van der Waals surface area contributed by atoms with Crippen molar-refractivity contribution in [2.24, 2.45) is 17.4 Å². The van der Waals surface area contributed by atoms with Crippen LogP contribution in [0.2, 0.25) is 0 Å². The molecule has 1 fully saturated rings. The predicted octanol–water partition coefficient (Wildman–Crippen LogP) is 0.801. The average molecular weight is 284 g/mol.